The van der Waals surface area contributed by atoms with Gasteiger partial charge in [0.25, 0.3) is 0 Å². The molecule has 0 aliphatic heterocycles. The fourth-order valence-corrected chi connectivity index (χ4v) is 3.68. The van der Waals surface area contributed by atoms with Crippen LogP contribution >= 0.6 is 11.3 Å². The Morgan fingerprint density at radius 1 is 1.19 bits per heavy atom. The molecule has 0 saturated heterocycles. The van der Waals surface area contributed by atoms with E-state index in [4.69, 9.17) is 4.74 Å². The fourth-order valence-electron chi connectivity index (χ4n) is 2.71. The number of carbonyl (C=O) groups excluding carboxylic acids is 2. The van der Waals surface area contributed by atoms with Crippen LogP contribution in [0.4, 0.5) is 4.39 Å². The number of halogens is 1. The number of ether oxygens (including phenoxy) is 1. The van der Waals surface area contributed by atoms with E-state index in [2.05, 4.69) is 10.3 Å². The molecule has 3 rings (SSSR count). The van der Waals surface area contributed by atoms with E-state index in [1.807, 2.05) is 24.3 Å². The Morgan fingerprint density at radius 3 is 2.63 bits per heavy atom. The molecule has 1 atom stereocenters. The fraction of sp³-hybridized carbons (Fsp3) is 0.250. The number of methoxy groups -OCH3 is 1. The smallest absolute Gasteiger partial charge is 0.307 e. The minimum absolute atomic E-state index is 0.0188. The highest BCUT2D eigenvalue weighted by molar-refractivity contribution is 7.18. The SMILES string of the molecule is COC(=O)CC(NC(=O)CCc1nc2ccccc2s1)c1ccc(F)cc1. The number of rotatable bonds is 7. The topological polar surface area (TPSA) is 68.3 Å². The maximum atomic E-state index is 13.2. The second kappa shape index (κ2) is 8.73. The molecular formula is C20H19FN2O3S. The van der Waals surface area contributed by atoms with Crippen LogP contribution in [0.3, 0.4) is 0 Å². The van der Waals surface area contributed by atoms with Crippen LogP contribution in [-0.2, 0) is 20.7 Å². The van der Waals surface area contributed by atoms with Gasteiger partial charge in [0, 0.05) is 12.8 Å². The molecule has 0 aliphatic carbocycles. The van der Waals surface area contributed by atoms with Gasteiger partial charge in [-0.2, -0.15) is 0 Å². The van der Waals surface area contributed by atoms with Crippen LogP contribution in [0.2, 0.25) is 0 Å². The van der Waals surface area contributed by atoms with Crippen molar-refractivity contribution in [1.29, 1.82) is 0 Å². The normalized spacial score (nSPS) is 11.9. The predicted molar refractivity (Wildman–Crippen MR) is 102 cm³/mol. The van der Waals surface area contributed by atoms with Crippen molar-refractivity contribution in [2.45, 2.75) is 25.3 Å². The lowest BCUT2D eigenvalue weighted by molar-refractivity contribution is -0.141. The first-order valence-electron chi connectivity index (χ1n) is 8.51. The highest BCUT2D eigenvalue weighted by Gasteiger charge is 2.19. The molecule has 7 heteroatoms. The molecule has 1 unspecified atom stereocenters. The molecule has 5 nitrogen and oxygen atoms in total. The summed E-state index contributed by atoms with van der Waals surface area (Å²) in [6, 6.07) is 13.0. The molecule has 1 N–H and O–H groups in total. The standard InChI is InChI=1S/C20H19FN2O3S/c1-26-20(25)12-16(13-6-8-14(21)9-7-13)22-18(24)10-11-19-23-15-4-2-3-5-17(15)27-19/h2-9,16H,10-12H2,1H3,(H,22,24). The largest absolute Gasteiger partial charge is 0.469 e. The molecule has 0 aliphatic rings. The van der Waals surface area contributed by atoms with Crippen molar-refractivity contribution in [1.82, 2.24) is 10.3 Å². The number of amides is 1. The van der Waals surface area contributed by atoms with E-state index in [0.717, 1.165) is 15.2 Å². The van der Waals surface area contributed by atoms with Crippen molar-refractivity contribution in [3.63, 3.8) is 0 Å². The second-order valence-electron chi connectivity index (χ2n) is 6.03. The van der Waals surface area contributed by atoms with Crippen molar-refractivity contribution >= 4 is 33.4 Å². The summed E-state index contributed by atoms with van der Waals surface area (Å²) in [6.07, 6.45) is 0.743. The van der Waals surface area contributed by atoms with Crippen LogP contribution in [-0.4, -0.2) is 24.0 Å². The summed E-state index contributed by atoms with van der Waals surface area (Å²) in [5.74, 6) is -1.03. The van der Waals surface area contributed by atoms with Crippen LogP contribution in [0.25, 0.3) is 10.2 Å². The lowest BCUT2D eigenvalue weighted by Crippen LogP contribution is -2.30. The van der Waals surface area contributed by atoms with Crippen LogP contribution < -0.4 is 5.32 Å². The van der Waals surface area contributed by atoms with Crippen LogP contribution in [0, 0.1) is 5.82 Å². The van der Waals surface area contributed by atoms with Crippen LogP contribution in [0.15, 0.2) is 48.5 Å². The highest BCUT2D eigenvalue weighted by atomic mass is 32.1. The van der Waals surface area contributed by atoms with Gasteiger partial charge in [0.15, 0.2) is 0 Å². The number of carbonyl (C=O) groups is 2. The van der Waals surface area contributed by atoms with Crippen molar-refractivity contribution in [2.75, 3.05) is 7.11 Å². The molecule has 0 spiro atoms. The summed E-state index contributed by atoms with van der Waals surface area (Å²) in [4.78, 5) is 28.6. The summed E-state index contributed by atoms with van der Waals surface area (Å²) >= 11 is 1.56. The summed E-state index contributed by atoms with van der Waals surface area (Å²) in [7, 11) is 1.29. The van der Waals surface area contributed by atoms with E-state index in [1.165, 1.54) is 19.2 Å². The monoisotopic (exact) mass is 386 g/mol. The van der Waals surface area contributed by atoms with Crippen molar-refractivity contribution in [3.05, 3.63) is 64.9 Å². The minimum Gasteiger partial charge on any atom is -0.469 e. The number of hydrogen-bond acceptors (Lipinski definition) is 5. The summed E-state index contributed by atoms with van der Waals surface area (Å²) in [5, 5.41) is 3.72. The van der Waals surface area contributed by atoms with Gasteiger partial charge in [0.1, 0.15) is 5.82 Å². The zero-order valence-electron chi connectivity index (χ0n) is 14.8. The number of nitrogens with zero attached hydrogens (tertiary/aromatic N) is 1. The van der Waals surface area contributed by atoms with E-state index in [1.54, 1.807) is 23.5 Å². The molecule has 1 aromatic heterocycles. The lowest BCUT2D eigenvalue weighted by atomic mass is 10.0. The van der Waals surface area contributed by atoms with Gasteiger partial charge < -0.3 is 10.1 Å². The van der Waals surface area contributed by atoms with Gasteiger partial charge in [0.2, 0.25) is 5.91 Å². The molecule has 140 valence electrons. The van der Waals surface area contributed by atoms with E-state index in [-0.39, 0.29) is 24.6 Å². The molecule has 1 amide bonds. The molecule has 0 bridgehead atoms. The number of aryl methyl sites for hydroxylation is 1. The van der Waals surface area contributed by atoms with E-state index < -0.39 is 12.0 Å². The van der Waals surface area contributed by atoms with Gasteiger partial charge in [-0.1, -0.05) is 24.3 Å². The Hall–Kier alpha value is -2.80. The first-order chi connectivity index (χ1) is 13.0. The van der Waals surface area contributed by atoms with Crippen LogP contribution in [0.1, 0.15) is 29.5 Å². The molecule has 0 saturated carbocycles. The van der Waals surface area contributed by atoms with Gasteiger partial charge in [-0.15, -0.1) is 11.3 Å². The average molecular weight is 386 g/mol. The van der Waals surface area contributed by atoms with Gasteiger partial charge >= 0.3 is 5.97 Å². The number of nitrogens with one attached hydrogen (secondary N) is 1. The molecule has 0 radical (unpaired) electrons. The third-order valence-corrected chi connectivity index (χ3v) is 5.21. The van der Waals surface area contributed by atoms with E-state index >= 15 is 0 Å². The van der Waals surface area contributed by atoms with Crippen molar-refractivity contribution in [3.8, 4) is 0 Å². The number of para-hydroxylation sites is 1. The Labute approximate surface area is 160 Å². The molecular weight excluding hydrogens is 367 g/mol. The Bertz CT molecular complexity index is 907. The van der Waals surface area contributed by atoms with Gasteiger partial charge in [-0.25, -0.2) is 9.37 Å². The molecule has 3 aromatic rings. The van der Waals surface area contributed by atoms with Gasteiger partial charge in [-0.05, 0) is 29.8 Å². The molecule has 1 heterocycles. The summed E-state index contributed by atoms with van der Waals surface area (Å²) in [6.45, 7) is 0. The summed E-state index contributed by atoms with van der Waals surface area (Å²) < 4.78 is 18.9. The summed E-state index contributed by atoms with van der Waals surface area (Å²) in [5.41, 5.74) is 1.57. The maximum absolute atomic E-state index is 13.2. The number of thiazole rings is 1. The minimum atomic E-state index is -0.569. The second-order valence-corrected chi connectivity index (χ2v) is 7.14. The molecule has 2 aromatic carbocycles. The first kappa shape index (κ1) is 19.0. The number of fused-ring (bicyclic) bond motifs is 1. The molecule has 27 heavy (non-hydrogen) atoms. The van der Waals surface area contributed by atoms with Crippen molar-refractivity contribution in [2.24, 2.45) is 0 Å². The Kier molecular flexibility index (Phi) is 6.13. The maximum Gasteiger partial charge on any atom is 0.307 e. The average Bonchev–Trinajstić information content (AvgIpc) is 3.09. The quantitative estimate of drug-likeness (QED) is 0.628. The zero-order chi connectivity index (χ0) is 19.2. The number of benzene rings is 2. The number of esters is 1. The number of hydrogen-bond donors (Lipinski definition) is 1. The Balaban J connectivity index is 1.64. The van der Waals surface area contributed by atoms with Crippen LogP contribution in [0.5, 0.6) is 0 Å². The first-order valence-corrected chi connectivity index (χ1v) is 9.33. The lowest BCUT2D eigenvalue weighted by Gasteiger charge is -2.18. The highest BCUT2D eigenvalue weighted by Crippen LogP contribution is 2.23. The van der Waals surface area contributed by atoms with Gasteiger partial charge in [-0.3, -0.25) is 9.59 Å². The van der Waals surface area contributed by atoms with E-state index in [0.29, 0.717) is 12.0 Å². The zero-order valence-corrected chi connectivity index (χ0v) is 15.6. The number of aromatic nitrogens is 1. The Morgan fingerprint density at radius 2 is 1.93 bits per heavy atom. The van der Waals surface area contributed by atoms with E-state index in [9.17, 15) is 14.0 Å². The van der Waals surface area contributed by atoms with Crippen molar-refractivity contribution < 1.29 is 18.7 Å². The third-order valence-electron chi connectivity index (χ3n) is 4.11. The third kappa shape index (κ3) is 5.10. The van der Waals surface area contributed by atoms with Gasteiger partial charge in [0.05, 0.1) is 34.8 Å². The molecule has 0 fully saturated rings. The predicted octanol–water partition coefficient (Wildman–Crippen LogP) is 3.79.